The van der Waals surface area contributed by atoms with Crippen molar-refractivity contribution in [2.24, 2.45) is 0 Å². The van der Waals surface area contributed by atoms with Crippen LogP contribution in [0.3, 0.4) is 0 Å². The highest BCUT2D eigenvalue weighted by molar-refractivity contribution is 6.16. The van der Waals surface area contributed by atoms with Gasteiger partial charge in [0.15, 0.2) is 0 Å². The SMILES string of the molecule is CCC(C)Oc1nc(CCl)co1. The Balaban J connectivity index is 2.52. The normalized spacial score (nSPS) is 12.9. The molecule has 0 bridgehead atoms. The fraction of sp³-hybridized carbons (Fsp3) is 0.625. The lowest BCUT2D eigenvalue weighted by molar-refractivity contribution is 0.158. The van der Waals surface area contributed by atoms with E-state index in [9.17, 15) is 0 Å². The zero-order valence-corrected chi connectivity index (χ0v) is 7.97. The van der Waals surface area contributed by atoms with Crippen LogP contribution in [0, 0.1) is 0 Å². The van der Waals surface area contributed by atoms with E-state index < -0.39 is 0 Å². The molecule has 0 fully saturated rings. The minimum Gasteiger partial charge on any atom is -0.447 e. The zero-order chi connectivity index (χ0) is 8.97. The maximum Gasteiger partial charge on any atom is 0.393 e. The number of ether oxygens (including phenoxy) is 1. The summed E-state index contributed by atoms with van der Waals surface area (Å²) in [5.74, 6) is 0.355. The van der Waals surface area contributed by atoms with Crippen LogP contribution >= 0.6 is 11.6 Å². The first-order valence-electron chi connectivity index (χ1n) is 3.93. The predicted octanol–water partition coefficient (Wildman–Crippen LogP) is 2.59. The molecule has 1 rings (SSSR count). The van der Waals surface area contributed by atoms with Gasteiger partial charge in [-0.1, -0.05) is 6.92 Å². The van der Waals surface area contributed by atoms with Crippen LogP contribution in [0.1, 0.15) is 26.0 Å². The minimum atomic E-state index is 0.131. The third-order valence-electron chi connectivity index (χ3n) is 1.54. The van der Waals surface area contributed by atoms with Gasteiger partial charge in [0.2, 0.25) is 0 Å². The molecule has 4 heteroatoms. The van der Waals surface area contributed by atoms with Crippen LogP contribution in [0.25, 0.3) is 0 Å². The Morgan fingerprint density at radius 3 is 3.00 bits per heavy atom. The van der Waals surface area contributed by atoms with Crippen molar-refractivity contribution in [1.29, 1.82) is 0 Å². The fourth-order valence-corrected chi connectivity index (χ4v) is 0.782. The highest BCUT2D eigenvalue weighted by atomic mass is 35.5. The Morgan fingerprint density at radius 2 is 2.50 bits per heavy atom. The fourth-order valence-electron chi connectivity index (χ4n) is 0.659. The van der Waals surface area contributed by atoms with Gasteiger partial charge in [-0.2, -0.15) is 4.98 Å². The summed E-state index contributed by atoms with van der Waals surface area (Å²) in [5.41, 5.74) is 0.704. The molecule has 0 aliphatic carbocycles. The smallest absolute Gasteiger partial charge is 0.393 e. The lowest BCUT2D eigenvalue weighted by Crippen LogP contribution is -2.09. The molecule has 0 aliphatic heterocycles. The Labute approximate surface area is 76.7 Å². The molecule has 0 aromatic carbocycles. The molecule has 0 spiro atoms. The summed E-state index contributed by atoms with van der Waals surface area (Å²) >= 11 is 5.53. The average molecular weight is 190 g/mol. The highest BCUT2D eigenvalue weighted by Crippen LogP contribution is 2.13. The first-order valence-corrected chi connectivity index (χ1v) is 4.46. The van der Waals surface area contributed by atoms with E-state index in [1.165, 1.54) is 6.26 Å². The number of alkyl halides is 1. The lowest BCUT2D eigenvalue weighted by Gasteiger charge is -2.06. The van der Waals surface area contributed by atoms with Crippen molar-refractivity contribution in [2.75, 3.05) is 0 Å². The molecule has 0 saturated carbocycles. The van der Waals surface area contributed by atoms with E-state index >= 15 is 0 Å². The molecule has 0 radical (unpaired) electrons. The van der Waals surface area contributed by atoms with Gasteiger partial charge >= 0.3 is 6.08 Å². The van der Waals surface area contributed by atoms with Crippen molar-refractivity contribution >= 4 is 11.6 Å². The van der Waals surface area contributed by atoms with E-state index in [-0.39, 0.29) is 6.10 Å². The Bertz CT molecular complexity index is 237. The predicted molar refractivity (Wildman–Crippen MR) is 46.4 cm³/mol. The van der Waals surface area contributed by atoms with Crippen molar-refractivity contribution in [3.63, 3.8) is 0 Å². The van der Waals surface area contributed by atoms with E-state index in [4.69, 9.17) is 20.8 Å². The molecule has 0 aliphatic rings. The molecule has 0 amide bonds. The lowest BCUT2D eigenvalue weighted by atomic mass is 10.3. The van der Waals surface area contributed by atoms with Gasteiger partial charge in [-0.25, -0.2) is 0 Å². The van der Waals surface area contributed by atoms with E-state index in [1.54, 1.807) is 0 Å². The summed E-state index contributed by atoms with van der Waals surface area (Å²) < 4.78 is 10.3. The van der Waals surface area contributed by atoms with Gasteiger partial charge in [-0.15, -0.1) is 11.6 Å². The maximum absolute atomic E-state index is 5.53. The molecule has 3 nitrogen and oxygen atoms in total. The van der Waals surface area contributed by atoms with E-state index in [0.29, 0.717) is 17.7 Å². The van der Waals surface area contributed by atoms with Crippen LogP contribution in [0.15, 0.2) is 10.7 Å². The molecule has 0 N–H and O–H groups in total. The summed E-state index contributed by atoms with van der Waals surface area (Å²) in [5, 5.41) is 0. The van der Waals surface area contributed by atoms with E-state index in [1.807, 2.05) is 13.8 Å². The second-order valence-corrected chi connectivity index (χ2v) is 2.84. The van der Waals surface area contributed by atoms with Gasteiger partial charge in [0.1, 0.15) is 12.4 Å². The molecular formula is C8H12ClNO2. The zero-order valence-electron chi connectivity index (χ0n) is 7.21. The van der Waals surface area contributed by atoms with Gasteiger partial charge in [0.25, 0.3) is 0 Å². The van der Waals surface area contributed by atoms with Crippen LogP contribution in [-0.4, -0.2) is 11.1 Å². The van der Waals surface area contributed by atoms with Crippen molar-refractivity contribution in [1.82, 2.24) is 4.98 Å². The molecule has 0 saturated heterocycles. The summed E-state index contributed by atoms with van der Waals surface area (Å²) in [4.78, 5) is 4.00. The monoisotopic (exact) mass is 189 g/mol. The quantitative estimate of drug-likeness (QED) is 0.683. The number of hydrogen-bond acceptors (Lipinski definition) is 3. The Hall–Kier alpha value is -0.700. The van der Waals surface area contributed by atoms with Gasteiger partial charge in [-0.05, 0) is 13.3 Å². The summed E-state index contributed by atoms with van der Waals surface area (Å²) in [7, 11) is 0. The molecule has 1 aromatic heterocycles. The van der Waals surface area contributed by atoms with Crippen LogP contribution in [0.2, 0.25) is 0 Å². The number of nitrogens with zero attached hydrogens (tertiary/aromatic N) is 1. The van der Waals surface area contributed by atoms with Crippen LogP contribution in [0.5, 0.6) is 6.08 Å². The van der Waals surface area contributed by atoms with E-state index in [0.717, 1.165) is 6.42 Å². The number of oxazole rings is 1. The van der Waals surface area contributed by atoms with Crippen molar-refractivity contribution in [3.8, 4) is 6.08 Å². The third-order valence-corrected chi connectivity index (χ3v) is 1.82. The summed E-state index contributed by atoms with van der Waals surface area (Å²) in [6.45, 7) is 4.00. The molecule has 1 atom stereocenters. The highest BCUT2D eigenvalue weighted by Gasteiger charge is 2.06. The first kappa shape index (κ1) is 9.39. The van der Waals surface area contributed by atoms with Crippen LogP contribution < -0.4 is 4.74 Å². The van der Waals surface area contributed by atoms with Crippen molar-refractivity contribution in [2.45, 2.75) is 32.3 Å². The average Bonchev–Trinajstić information content (AvgIpc) is 2.52. The third kappa shape index (κ3) is 2.41. The summed E-state index contributed by atoms with van der Waals surface area (Å²) in [6.07, 6.45) is 2.87. The largest absolute Gasteiger partial charge is 0.447 e. The second kappa shape index (κ2) is 4.36. The van der Waals surface area contributed by atoms with Gasteiger partial charge in [-0.3, -0.25) is 0 Å². The first-order chi connectivity index (χ1) is 5.76. The Morgan fingerprint density at radius 1 is 1.75 bits per heavy atom. The minimum absolute atomic E-state index is 0.131. The van der Waals surface area contributed by atoms with Gasteiger partial charge < -0.3 is 9.15 Å². The number of halogens is 1. The van der Waals surface area contributed by atoms with Crippen molar-refractivity contribution < 1.29 is 9.15 Å². The Kier molecular flexibility index (Phi) is 3.41. The summed E-state index contributed by atoms with van der Waals surface area (Å²) in [6, 6.07) is 0. The standard InChI is InChI=1S/C8H12ClNO2/c1-3-6(2)12-8-10-7(4-9)5-11-8/h5-6H,3-4H2,1-2H3. The number of rotatable bonds is 4. The van der Waals surface area contributed by atoms with Gasteiger partial charge in [0, 0.05) is 0 Å². The maximum atomic E-state index is 5.53. The molecule has 1 heterocycles. The molecule has 1 aromatic rings. The number of aromatic nitrogens is 1. The van der Waals surface area contributed by atoms with Gasteiger partial charge in [0.05, 0.1) is 11.6 Å². The van der Waals surface area contributed by atoms with E-state index in [2.05, 4.69) is 4.98 Å². The van der Waals surface area contributed by atoms with Crippen molar-refractivity contribution in [3.05, 3.63) is 12.0 Å². The molecule has 68 valence electrons. The second-order valence-electron chi connectivity index (χ2n) is 2.58. The molecule has 1 unspecified atom stereocenters. The van der Waals surface area contributed by atoms with Crippen LogP contribution in [-0.2, 0) is 5.88 Å². The topological polar surface area (TPSA) is 35.3 Å². The number of hydrogen-bond donors (Lipinski definition) is 0. The van der Waals surface area contributed by atoms with Crippen LogP contribution in [0.4, 0.5) is 0 Å². The molecule has 12 heavy (non-hydrogen) atoms. The molecular weight excluding hydrogens is 178 g/mol.